The monoisotopic (exact) mass is 178 g/mol. The molecule has 1 aliphatic heterocycles. The van der Waals surface area contributed by atoms with E-state index in [1.807, 2.05) is 6.92 Å². The fourth-order valence-electron chi connectivity index (χ4n) is 1.85. The maximum absolute atomic E-state index is 11.2. The van der Waals surface area contributed by atoms with Crippen LogP contribution in [0.4, 0.5) is 0 Å². The smallest absolute Gasteiger partial charge is 0.182 e. The number of aromatic amines is 1. The van der Waals surface area contributed by atoms with E-state index in [9.17, 15) is 4.79 Å². The van der Waals surface area contributed by atoms with Crippen molar-refractivity contribution in [2.24, 2.45) is 0 Å². The van der Waals surface area contributed by atoms with Gasteiger partial charge < -0.3 is 10.3 Å². The van der Waals surface area contributed by atoms with E-state index >= 15 is 0 Å². The van der Waals surface area contributed by atoms with Crippen LogP contribution < -0.4 is 10.7 Å². The molecule has 2 heterocycles. The van der Waals surface area contributed by atoms with Crippen molar-refractivity contribution in [3.05, 3.63) is 33.7 Å². The van der Waals surface area contributed by atoms with Crippen LogP contribution in [-0.2, 0) is 0 Å². The molecule has 3 nitrogen and oxygen atoms in total. The Hall–Kier alpha value is -1.09. The minimum absolute atomic E-state index is 0.0972. The summed E-state index contributed by atoms with van der Waals surface area (Å²) in [4.78, 5) is 14.4. The molecule has 0 unspecified atom stereocenters. The van der Waals surface area contributed by atoms with E-state index in [0.717, 1.165) is 24.4 Å². The Balaban J connectivity index is 2.33. The molecule has 13 heavy (non-hydrogen) atoms. The molecule has 2 rings (SSSR count). The summed E-state index contributed by atoms with van der Waals surface area (Å²) in [5, 5.41) is 3.36. The lowest BCUT2D eigenvalue weighted by Crippen LogP contribution is -2.17. The number of aromatic nitrogens is 1. The molecular formula is C10H14N2O. The second kappa shape index (κ2) is 3.34. The van der Waals surface area contributed by atoms with Crippen LogP contribution in [0, 0.1) is 6.92 Å². The Morgan fingerprint density at radius 2 is 2.31 bits per heavy atom. The number of rotatable bonds is 1. The van der Waals surface area contributed by atoms with Gasteiger partial charge in [0.2, 0.25) is 0 Å². The van der Waals surface area contributed by atoms with Crippen LogP contribution in [0.15, 0.2) is 16.9 Å². The van der Waals surface area contributed by atoms with E-state index in [1.165, 1.54) is 6.42 Å². The Morgan fingerprint density at radius 1 is 1.46 bits per heavy atom. The molecule has 0 bridgehead atoms. The summed E-state index contributed by atoms with van der Waals surface area (Å²) >= 11 is 0. The van der Waals surface area contributed by atoms with Gasteiger partial charge >= 0.3 is 0 Å². The van der Waals surface area contributed by atoms with Gasteiger partial charge in [0.15, 0.2) is 5.43 Å². The Kier molecular flexibility index (Phi) is 2.19. The summed E-state index contributed by atoms with van der Waals surface area (Å²) in [6, 6.07) is 3.67. The minimum Gasteiger partial charge on any atom is -0.361 e. The number of hydrogen-bond donors (Lipinski definition) is 2. The molecule has 2 N–H and O–H groups in total. The van der Waals surface area contributed by atoms with E-state index in [4.69, 9.17) is 0 Å². The molecule has 0 saturated carbocycles. The molecule has 0 amide bonds. The summed E-state index contributed by atoms with van der Waals surface area (Å²) in [6.45, 7) is 2.97. The first kappa shape index (κ1) is 8.51. The van der Waals surface area contributed by atoms with E-state index in [1.54, 1.807) is 12.1 Å². The van der Waals surface area contributed by atoms with Crippen LogP contribution in [0.1, 0.15) is 30.3 Å². The van der Waals surface area contributed by atoms with Crippen molar-refractivity contribution in [3.8, 4) is 0 Å². The SMILES string of the molecule is Cc1cc(=O)cc([C@@H]2CCCN2)[nH]1. The zero-order chi connectivity index (χ0) is 9.26. The van der Waals surface area contributed by atoms with Gasteiger partial charge in [-0.25, -0.2) is 0 Å². The maximum Gasteiger partial charge on any atom is 0.182 e. The van der Waals surface area contributed by atoms with Gasteiger partial charge in [0, 0.05) is 29.6 Å². The Labute approximate surface area is 77.2 Å². The summed E-state index contributed by atoms with van der Waals surface area (Å²) in [5.41, 5.74) is 2.07. The van der Waals surface area contributed by atoms with E-state index in [0.29, 0.717) is 6.04 Å². The average molecular weight is 178 g/mol. The van der Waals surface area contributed by atoms with Gasteiger partial charge in [0.25, 0.3) is 0 Å². The van der Waals surface area contributed by atoms with Crippen molar-refractivity contribution in [2.45, 2.75) is 25.8 Å². The molecule has 0 aliphatic carbocycles. The average Bonchev–Trinajstić information content (AvgIpc) is 2.53. The van der Waals surface area contributed by atoms with Crippen LogP contribution in [0.25, 0.3) is 0 Å². The van der Waals surface area contributed by atoms with Gasteiger partial charge in [0.1, 0.15) is 0 Å². The molecule has 3 heteroatoms. The lowest BCUT2D eigenvalue weighted by Gasteiger charge is -2.10. The summed E-state index contributed by atoms with van der Waals surface area (Å²) in [7, 11) is 0. The molecule has 1 atom stereocenters. The highest BCUT2D eigenvalue weighted by Crippen LogP contribution is 2.19. The second-order valence-electron chi connectivity index (χ2n) is 3.60. The van der Waals surface area contributed by atoms with E-state index in [2.05, 4.69) is 10.3 Å². The third-order valence-electron chi connectivity index (χ3n) is 2.43. The van der Waals surface area contributed by atoms with Crippen LogP contribution >= 0.6 is 0 Å². The highest BCUT2D eigenvalue weighted by Gasteiger charge is 2.16. The van der Waals surface area contributed by atoms with Crippen LogP contribution in [0.3, 0.4) is 0 Å². The first-order chi connectivity index (χ1) is 6.25. The van der Waals surface area contributed by atoms with Crippen molar-refractivity contribution in [3.63, 3.8) is 0 Å². The fourth-order valence-corrected chi connectivity index (χ4v) is 1.85. The standard InChI is InChI=1S/C10H14N2O/c1-7-5-8(13)6-10(12-7)9-3-2-4-11-9/h5-6,9,11H,2-4H2,1H3,(H,12,13)/t9-/m0/s1. The van der Waals surface area contributed by atoms with Crippen LogP contribution in [0.5, 0.6) is 0 Å². The quantitative estimate of drug-likeness (QED) is 0.676. The predicted octanol–water partition coefficient (Wildman–Crippen LogP) is 1.11. The number of hydrogen-bond acceptors (Lipinski definition) is 2. The van der Waals surface area contributed by atoms with Crippen molar-refractivity contribution in [1.29, 1.82) is 0 Å². The molecule has 0 spiro atoms. The molecule has 1 fully saturated rings. The number of nitrogens with one attached hydrogen (secondary N) is 2. The highest BCUT2D eigenvalue weighted by molar-refractivity contribution is 5.14. The lowest BCUT2D eigenvalue weighted by molar-refractivity contribution is 0.625. The van der Waals surface area contributed by atoms with Crippen molar-refractivity contribution < 1.29 is 0 Å². The minimum atomic E-state index is 0.0972. The highest BCUT2D eigenvalue weighted by atomic mass is 16.1. The molecule has 1 aliphatic rings. The molecule has 0 radical (unpaired) electrons. The van der Waals surface area contributed by atoms with Crippen LogP contribution in [0.2, 0.25) is 0 Å². The van der Waals surface area contributed by atoms with Gasteiger partial charge in [-0.3, -0.25) is 4.79 Å². The molecule has 1 aromatic rings. The number of aryl methyl sites for hydroxylation is 1. The van der Waals surface area contributed by atoms with Gasteiger partial charge in [0.05, 0.1) is 0 Å². The number of pyridine rings is 1. The third kappa shape index (κ3) is 1.80. The van der Waals surface area contributed by atoms with Crippen molar-refractivity contribution >= 4 is 0 Å². The van der Waals surface area contributed by atoms with E-state index < -0.39 is 0 Å². The van der Waals surface area contributed by atoms with Gasteiger partial charge in [-0.15, -0.1) is 0 Å². The summed E-state index contributed by atoms with van der Waals surface area (Å²) in [6.07, 6.45) is 2.32. The normalized spacial score (nSPS) is 22.1. The van der Waals surface area contributed by atoms with E-state index in [-0.39, 0.29) is 5.43 Å². The zero-order valence-electron chi connectivity index (χ0n) is 7.76. The van der Waals surface area contributed by atoms with Gasteiger partial charge in [-0.2, -0.15) is 0 Å². The fraction of sp³-hybridized carbons (Fsp3) is 0.500. The molecule has 1 aromatic heterocycles. The van der Waals surface area contributed by atoms with Crippen LogP contribution in [-0.4, -0.2) is 11.5 Å². The molecule has 1 saturated heterocycles. The maximum atomic E-state index is 11.2. The Bertz CT molecular complexity index is 350. The summed E-state index contributed by atoms with van der Waals surface area (Å²) in [5.74, 6) is 0. The predicted molar refractivity (Wildman–Crippen MR) is 51.8 cm³/mol. The van der Waals surface area contributed by atoms with Gasteiger partial charge in [-0.05, 0) is 26.3 Å². The number of H-pyrrole nitrogens is 1. The molecular weight excluding hydrogens is 164 g/mol. The first-order valence-electron chi connectivity index (χ1n) is 4.70. The topological polar surface area (TPSA) is 44.9 Å². The lowest BCUT2D eigenvalue weighted by atomic mass is 10.1. The summed E-state index contributed by atoms with van der Waals surface area (Å²) < 4.78 is 0. The van der Waals surface area contributed by atoms with Crippen molar-refractivity contribution in [1.82, 2.24) is 10.3 Å². The zero-order valence-corrected chi connectivity index (χ0v) is 7.76. The largest absolute Gasteiger partial charge is 0.361 e. The second-order valence-corrected chi connectivity index (χ2v) is 3.60. The third-order valence-corrected chi connectivity index (χ3v) is 2.43. The Morgan fingerprint density at radius 3 is 2.92 bits per heavy atom. The first-order valence-corrected chi connectivity index (χ1v) is 4.70. The molecule has 70 valence electrons. The van der Waals surface area contributed by atoms with Gasteiger partial charge in [-0.1, -0.05) is 0 Å². The van der Waals surface area contributed by atoms with Crippen molar-refractivity contribution in [2.75, 3.05) is 6.54 Å². The molecule has 0 aromatic carbocycles.